The van der Waals surface area contributed by atoms with E-state index in [1.807, 2.05) is 18.2 Å². The molecule has 0 atom stereocenters. The highest BCUT2D eigenvalue weighted by Crippen LogP contribution is 2.60. The number of amides is 2. The molecule has 1 aliphatic heterocycles. The third-order valence-corrected chi connectivity index (χ3v) is 8.24. The predicted octanol–water partition coefficient (Wildman–Crippen LogP) is 3.95. The van der Waals surface area contributed by atoms with E-state index in [0.717, 1.165) is 66.0 Å². The Labute approximate surface area is 192 Å². The normalized spacial score (nSPS) is 31.5. The molecule has 0 spiro atoms. The fourth-order valence-corrected chi connectivity index (χ4v) is 7.13. The van der Waals surface area contributed by atoms with Crippen LogP contribution in [0.5, 0.6) is 0 Å². The number of carbonyl (C=O) groups excluding carboxylic acids is 2. The Morgan fingerprint density at radius 1 is 1.06 bits per heavy atom. The molecular formula is C24H32BrN3O3. The van der Waals surface area contributed by atoms with E-state index < -0.39 is 0 Å². The van der Waals surface area contributed by atoms with Crippen molar-refractivity contribution in [2.75, 3.05) is 43.1 Å². The van der Waals surface area contributed by atoms with E-state index in [4.69, 9.17) is 4.74 Å². The Balaban J connectivity index is 1.16. The van der Waals surface area contributed by atoms with Crippen LogP contribution in [-0.2, 0) is 14.3 Å². The van der Waals surface area contributed by atoms with Crippen molar-refractivity contribution in [2.24, 2.45) is 23.2 Å². The molecule has 31 heavy (non-hydrogen) atoms. The summed E-state index contributed by atoms with van der Waals surface area (Å²) in [6, 6.07) is 5.96. The van der Waals surface area contributed by atoms with Gasteiger partial charge in [0.15, 0.2) is 0 Å². The monoisotopic (exact) mass is 489 g/mol. The number of hydrogen-bond donors (Lipinski definition) is 2. The molecule has 1 heterocycles. The molecule has 2 N–H and O–H groups in total. The Hall–Kier alpha value is -1.60. The highest BCUT2D eigenvalue weighted by atomic mass is 79.9. The van der Waals surface area contributed by atoms with Crippen LogP contribution < -0.4 is 15.5 Å². The van der Waals surface area contributed by atoms with E-state index in [1.54, 1.807) is 0 Å². The van der Waals surface area contributed by atoms with Gasteiger partial charge in [-0.05, 0) is 74.5 Å². The minimum atomic E-state index is -0.154. The van der Waals surface area contributed by atoms with Gasteiger partial charge in [-0.2, -0.15) is 0 Å². The average Bonchev–Trinajstić information content (AvgIpc) is 2.73. The number of anilines is 2. The minimum absolute atomic E-state index is 0.0709. The van der Waals surface area contributed by atoms with Crippen molar-refractivity contribution in [3.8, 4) is 0 Å². The van der Waals surface area contributed by atoms with Crippen molar-refractivity contribution in [1.82, 2.24) is 5.32 Å². The molecule has 1 aromatic carbocycles. The van der Waals surface area contributed by atoms with Crippen LogP contribution in [0.15, 0.2) is 22.7 Å². The molecule has 4 bridgehead atoms. The molecule has 7 heteroatoms. The van der Waals surface area contributed by atoms with E-state index in [-0.39, 0.29) is 23.7 Å². The summed E-state index contributed by atoms with van der Waals surface area (Å²) in [5.74, 6) is 2.36. The van der Waals surface area contributed by atoms with Gasteiger partial charge in [-0.3, -0.25) is 9.59 Å². The van der Waals surface area contributed by atoms with Crippen LogP contribution in [0.3, 0.4) is 0 Å². The number of carbonyl (C=O) groups is 2. The summed E-state index contributed by atoms with van der Waals surface area (Å²) in [7, 11) is 0. The lowest BCUT2D eigenvalue weighted by Crippen LogP contribution is -2.53. The van der Waals surface area contributed by atoms with E-state index >= 15 is 0 Å². The summed E-state index contributed by atoms with van der Waals surface area (Å²) in [5, 5.41) is 6.16. The fraction of sp³-hybridized carbons (Fsp3) is 0.667. The third kappa shape index (κ3) is 4.49. The number of nitrogens with zero attached hydrogens (tertiary/aromatic N) is 1. The Morgan fingerprint density at radius 3 is 2.35 bits per heavy atom. The molecule has 2 amide bonds. The maximum atomic E-state index is 13.1. The first kappa shape index (κ1) is 21.3. The maximum Gasteiger partial charge on any atom is 0.226 e. The van der Waals surface area contributed by atoms with Crippen LogP contribution in [0.25, 0.3) is 0 Å². The second-order valence-electron chi connectivity index (χ2n) is 10.0. The lowest BCUT2D eigenvalue weighted by Gasteiger charge is -2.55. The van der Waals surface area contributed by atoms with Crippen molar-refractivity contribution in [2.45, 2.75) is 44.9 Å². The minimum Gasteiger partial charge on any atom is -0.378 e. The second kappa shape index (κ2) is 8.74. The van der Waals surface area contributed by atoms with E-state index in [1.165, 1.54) is 19.3 Å². The fourth-order valence-electron chi connectivity index (χ4n) is 6.77. The lowest BCUT2D eigenvalue weighted by atomic mass is 9.49. The molecule has 6 rings (SSSR count). The smallest absolute Gasteiger partial charge is 0.226 e. The number of nitrogens with one attached hydrogen (secondary N) is 2. The van der Waals surface area contributed by atoms with E-state index in [2.05, 4.69) is 31.5 Å². The molecule has 1 saturated heterocycles. The number of hydrogen-bond acceptors (Lipinski definition) is 4. The van der Waals surface area contributed by atoms with Crippen molar-refractivity contribution in [1.29, 1.82) is 0 Å². The second-order valence-corrected chi connectivity index (χ2v) is 10.9. The topological polar surface area (TPSA) is 70.7 Å². The first-order valence-electron chi connectivity index (χ1n) is 11.7. The molecule has 1 aromatic rings. The molecule has 4 saturated carbocycles. The summed E-state index contributed by atoms with van der Waals surface area (Å²) in [6.07, 6.45) is 7.42. The highest BCUT2D eigenvalue weighted by Gasteiger charge is 2.54. The largest absolute Gasteiger partial charge is 0.378 e. The van der Waals surface area contributed by atoms with Gasteiger partial charge in [0.25, 0.3) is 0 Å². The quantitative estimate of drug-likeness (QED) is 0.634. The molecule has 0 unspecified atom stereocenters. The zero-order valence-electron chi connectivity index (χ0n) is 18.0. The molecule has 5 aliphatic rings. The predicted molar refractivity (Wildman–Crippen MR) is 124 cm³/mol. The zero-order chi connectivity index (χ0) is 21.4. The Morgan fingerprint density at radius 2 is 1.71 bits per heavy atom. The van der Waals surface area contributed by atoms with Crippen LogP contribution in [0.2, 0.25) is 0 Å². The standard InChI is InChI=1S/C24H32BrN3O3/c25-19-1-2-21(28-5-7-31-8-6-28)20(12-19)27-22(29)3-4-26-23(30)24-13-16-9-17(14-24)11-18(10-16)15-24/h1-2,12,16-18H,3-11,13-15H2,(H,26,30)(H,27,29). The number of morpholine rings is 1. The number of benzene rings is 1. The van der Waals surface area contributed by atoms with Crippen molar-refractivity contribution < 1.29 is 14.3 Å². The van der Waals surface area contributed by atoms with Gasteiger partial charge in [-0.25, -0.2) is 0 Å². The van der Waals surface area contributed by atoms with Crippen molar-refractivity contribution >= 4 is 39.1 Å². The summed E-state index contributed by atoms with van der Waals surface area (Å²) in [5.41, 5.74) is 1.66. The summed E-state index contributed by atoms with van der Waals surface area (Å²) in [6.45, 7) is 3.41. The van der Waals surface area contributed by atoms with Crippen LogP contribution in [0.4, 0.5) is 11.4 Å². The molecule has 168 valence electrons. The molecular weight excluding hydrogens is 458 g/mol. The van der Waals surface area contributed by atoms with Gasteiger partial charge in [0, 0.05) is 35.9 Å². The number of ether oxygens (including phenoxy) is 1. The van der Waals surface area contributed by atoms with Gasteiger partial charge in [0.2, 0.25) is 11.8 Å². The summed E-state index contributed by atoms with van der Waals surface area (Å²) >= 11 is 3.51. The summed E-state index contributed by atoms with van der Waals surface area (Å²) < 4.78 is 6.38. The van der Waals surface area contributed by atoms with Crippen LogP contribution >= 0.6 is 15.9 Å². The van der Waals surface area contributed by atoms with E-state index in [9.17, 15) is 9.59 Å². The molecule has 6 nitrogen and oxygen atoms in total. The van der Waals surface area contributed by atoms with Gasteiger partial charge in [0.05, 0.1) is 24.6 Å². The van der Waals surface area contributed by atoms with Gasteiger partial charge in [-0.1, -0.05) is 15.9 Å². The van der Waals surface area contributed by atoms with E-state index in [0.29, 0.717) is 19.8 Å². The van der Waals surface area contributed by atoms with Gasteiger partial charge in [-0.15, -0.1) is 0 Å². The van der Waals surface area contributed by atoms with Crippen molar-refractivity contribution in [3.63, 3.8) is 0 Å². The average molecular weight is 490 g/mol. The van der Waals surface area contributed by atoms with Crippen molar-refractivity contribution in [3.05, 3.63) is 22.7 Å². The van der Waals surface area contributed by atoms with Gasteiger partial charge in [0.1, 0.15) is 0 Å². The molecule has 0 radical (unpaired) electrons. The molecule has 5 fully saturated rings. The third-order valence-electron chi connectivity index (χ3n) is 7.74. The first-order chi connectivity index (χ1) is 15.0. The summed E-state index contributed by atoms with van der Waals surface area (Å²) in [4.78, 5) is 28.0. The Kier molecular flexibility index (Phi) is 5.99. The number of rotatable bonds is 6. The van der Waals surface area contributed by atoms with Crippen LogP contribution in [0.1, 0.15) is 44.9 Å². The molecule has 4 aliphatic carbocycles. The van der Waals surface area contributed by atoms with Gasteiger partial charge < -0.3 is 20.3 Å². The molecule has 0 aromatic heterocycles. The number of halogens is 1. The highest BCUT2D eigenvalue weighted by molar-refractivity contribution is 9.10. The Bertz CT molecular complexity index is 817. The van der Waals surface area contributed by atoms with Crippen LogP contribution in [0, 0.1) is 23.2 Å². The van der Waals surface area contributed by atoms with Gasteiger partial charge >= 0.3 is 0 Å². The first-order valence-corrected chi connectivity index (χ1v) is 12.5. The SMILES string of the molecule is O=C(CCNC(=O)C12CC3CC(CC(C3)C1)C2)Nc1cc(Br)ccc1N1CCOCC1. The maximum absolute atomic E-state index is 13.1. The van der Waals surface area contributed by atoms with Crippen LogP contribution in [-0.4, -0.2) is 44.7 Å². The lowest BCUT2D eigenvalue weighted by molar-refractivity contribution is -0.146. The zero-order valence-corrected chi connectivity index (χ0v) is 19.6.